The van der Waals surface area contributed by atoms with Gasteiger partial charge in [-0.3, -0.25) is 0 Å². The Hall–Kier alpha value is -2.16. The molecular weight excluding hydrogens is 228 g/mol. The molecule has 0 amide bonds. The number of para-hydroxylation sites is 2. The molecule has 0 aliphatic carbocycles. The normalized spacial score (nSPS) is 9.94. The van der Waals surface area contributed by atoms with Gasteiger partial charge >= 0.3 is 0 Å². The summed E-state index contributed by atoms with van der Waals surface area (Å²) in [7, 11) is 3.21. The van der Waals surface area contributed by atoms with Gasteiger partial charge in [0.25, 0.3) is 0 Å². The molecular formula is C15H16O3. The second-order valence-corrected chi connectivity index (χ2v) is 3.86. The lowest BCUT2D eigenvalue weighted by Gasteiger charge is -2.14. The van der Waals surface area contributed by atoms with E-state index >= 15 is 0 Å². The average molecular weight is 244 g/mol. The lowest BCUT2D eigenvalue weighted by atomic mass is 10.2. The molecule has 0 aliphatic rings. The van der Waals surface area contributed by atoms with Gasteiger partial charge in [0.15, 0.2) is 11.5 Å². The summed E-state index contributed by atoms with van der Waals surface area (Å²) in [4.78, 5) is 0. The van der Waals surface area contributed by atoms with Crippen LogP contribution in [0.3, 0.4) is 0 Å². The van der Waals surface area contributed by atoms with Gasteiger partial charge in [-0.2, -0.15) is 0 Å². The van der Waals surface area contributed by atoms with Crippen LogP contribution in [0.2, 0.25) is 0 Å². The van der Waals surface area contributed by atoms with Crippen LogP contribution in [-0.4, -0.2) is 14.2 Å². The van der Waals surface area contributed by atoms with Crippen molar-refractivity contribution >= 4 is 0 Å². The summed E-state index contributed by atoms with van der Waals surface area (Å²) in [6, 6.07) is 13.4. The fourth-order valence-electron chi connectivity index (χ4n) is 1.73. The molecule has 2 rings (SSSR count). The van der Waals surface area contributed by atoms with Gasteiger partial charge in [0, 0.05) is 0 Å². The fraction of sp³-hybridized carbons (Fsp3) is 0.200. The first-order valence-electron chi connectivity index (χ1n) is 5.70. The molecule has 18 heavy (non-hydrogen) atoms. The summed E-state index contributed by atoms with van der Waals surface area (Å²) in [5.74, 6) is 2.71. The van der Waals surface area contributed by atoms with Gasteiger partial charge in [-0.1, -0.05) is 24.3 Å². The Balaban J connectivity index is 2.37. The number of rotatable bonds is 4. The van der Waals surface area contributed by atoms with Gasteiger partial charge in [-0.05, 0) is 30.7 Å². The molecule has 3 heteroatoms. The summed E-state index contributed by atoms with van der Waals surface area (Å²) in [6.45, 7) is 2.00. The van der Waals surface area contributed by atoms with Crippen LogP contribution in [0.15, 0.2) is 42.5 Å². The average Bonchev–Trinajstić information content (AvgIpc) is 2.41. The summed E-state index contributed by atoms with van der Waals surface area (Å²) in [6.07, 6.45) is 0. The first-order valence-corrected chi connectivity index (χ1v) is 5.70. The van der Waals surface area contributed by atoms with Gasteiger partial charge in [0.1, 0.15) is 5.75 Å². The molecule has 0 spiro atoms. The van der Waals surface area contributed by atoms with E-state index in [1.807, 2.05) is 49.4 Å². The number of methoxy groups -OCH3 is 2. The van der Waals surface area contributed by atoms with E-state index in [9.17, 15) is 0 Å². The molecule has 0 atom stereocenters. The lowest BCUT2D eigenvalue weighted by molar-refractivity contribution is 0.336. The monoisotopic (exact) mass is 244 g/mol. The molecule has 2 aromatic rings. The number of benzene rings is 2. The molecule has 0 saturated carbocycles. The van der Waals surface area contributed by atoms with Crippen molar-refractivity contribution in [3.8, 4) is 23.0 Å². The highest BCUT2D eigenvalue weighted by atomic mass is 16.5. The number of aryl methyl sites for hydroxylation is 1. The maximum atomic E-state index is 5.87. The van der Waals surface area contributed by atoms with E-state index in [0.29, 0.717) is 17.2 Å². The van der Waals surface area contributed by atoms with Crippen molar-refractivity contribution in [2.24, 2.45) is 0 Å². The molecule has 0 unspecified atom stereocenters. The fourth-order valence-corrected chi connectivity index (χ4v) is 1.73. The highest BCUT2D eigenvalue weighted by molar-refractivity contribution is 5.53. The third-order valence-electron chi connectivity index (χ3n) is 2.68. The van der Waals surface area contributed by atoms with Crippen LogP contribution in [0.5, 0.6) is 23.0 Å². The van der Waals surface area contributed by atoms with E-state index in [1.54, 1.807) is 14.2 Å². The highest BCUT2D eigenvalue weighted by Crippen LogP contribution is 2.39. The van der Waals surface area contributed by atoms with Crippen molar-refractivity contribution in [3.05, 3.63) is 48.0 Å². The number of ether oxygens (including phenoxy) is 3. The first kappa shape index (κ1) is 12.3. The van der Waals surface area contributed by atoms with Crippen LogP contribution in [0.4, 0.5) is 0 Å². The van der Waals surface area contributed by atoms with Crippen molar-refractivity contribution in [1.29, 1.82) is 0 Å². The second kappa shape index (κ2) is 5.45. The molecule has 0 saturated heterocycles. The molecule has 0 bridgehead atoms. The molecule has 3 nitrogen and oxygen atoms in total. The van der Waals surface area contributed by atoms with Gasteiger partial charge in [-0.25, -0.2) is 0 Å². The predicted octanol–water partition coefficient (Wildman–Crippen LogP) is 3.80. The van der Waals surface area contributed by atoms with E-state index in [1.165, 1.54) is 0 Å². The smallest absolute Gasteiger partial charge is 0.203 e. The minimum absolute atomic E-state index is 0.600. The van der Waals surface area contributed by atoms with E-state index in [-0.39, 0.29) is 0 Å². The van der Waals surface area contributed by atoms with Gasteiger partial charge in [0.05, 0.1) is 14.2 Å². The first-order chi connectivity index (χ1) is 8.76. The van der Waals surface area contributed by atoms with Crippen LogP contribution in [0, 0.1) is 6.92 Å². The highest BCUT2D eigenvalue weighted by Gasteiger charge is 2.12. The molecule has 0 N–H and O–H groups in total. The zero-order valence-corrected chi connectivity index (χ0v) is 10.8. The third-order valence-corrected chi connectivity index (χ3v) is 2.68. The summed E-state index contributed by atoms with van der Waals surface area (Å²) in [5, 5.41) is 0. The zero-order valence-electron chi connectivity index (χ0n) is 10.8. The minimum atomic E-state index is 0.600. The van der Waals surface area contributed by atoms with Crippen LogP contribution >= 0.6 is 0 Å². The summed E-state index contributed by atoms with van der Waals surface area (Å²) < 4.78 is 16.4. The topological polar surface area (TPSA) is 27.7 Å². The van der Waals surface area contributed by atoms with Gasteiger partial charge in [-0.15, -0.1) is 0 Å². The Labute approximate surface area is 107 Å². The van der Waals surface area contributed by atoms with E-state index < -0.39 is 0 Å². The van der Waals surface area contributed by atoms with E-state index in [2.05, 4.69) is 0 Å². The zero-order chi connectivity index (χ0) is 13.0. The minimum Gasteiger partial charge on any atom is -0.493 e. The van der Waals surface area contributed by atoms with Crippen molar-refractivity contribution < 1.29 is 14.2 Å². The van der Waals surface area contributed by atoms with Crippen LogP contribution in [-0.2, 0) is 0 Å². The second-order valence-electron chi connectivity index (χ2n) is 3.86. The van der Waals surface area contributed by atoms with Crippen molar-refractivity contribution in [2.45, 2.75) is 6.92 Å². The Morgan fingerprint density at radius 1 is 0.722 bits per heavy atom. The van der Waals surface area contributed by atoms with Crippen molar-refractivity contribution in [3.63, 3.8) is 0 Å². The van der Waals surface area contributed by atoms with Gasteiger partial charge < -0.3 is 14.2 Å². The predicted molar refractivity (Wildman–Crippen MR) is 70.8 cm³/mol. The van der Waals surface area contributed by atoms with Crippen molar-refractivity contribution in [1.82, 2.24) is 0 Å². The quantitative estimate of drug-likeness (QED) is 0.818. The third kappa shape index (κ3) is 2.40. The Morgan fingerprint density at radius 3 is 2.06 bits per heavy atom. The maximum absolute atomic E-state index is 5.87. The molecule has 0 radical (unpaired) electrons. The number of hydrogen-bond donors (Lipinski definition) is 0. The standard InChI is InChI=1S/C15H16O3/c1-11-7-4-5-8-12(11)18-14-10-6-9-13(16-2)15(14)17-3/h4-10H,1-3H3. The summed E-state index contributed by atoms with van der Waals surface area (Å²) >= 11 is 0. The van der Waals surface area contributed by atoms with Gasteiger partial charge in [0.2, 0.25) is 5.75 Å². The molecule has 0 fully saturated rings. The molecule has 2 aromatic carbocycles. The lowest BCUT2D eigenvalue weighted by Crippen LogP contribution is -1.94. The summed E-state index contributed by atoms with van der Waals surface area (Å²) in [5.41, 5.74) is 1.07. The van der Waals surface area contributed by atoms with Crippen LogP contribution in [0.25, 0.3) is 0 Å². The van der Waals surface area contributed by atoms with Crippen LogP contribution in [0.1, 0.15) is 5.56 Å². The largest absolute Gasteiger partial charge is 0.493 e. The number of hydrogen-bond acceptors (Lipinski definition) is 3. The maximum Gasteiger partial charge on any atom is 0.203 e. The molecule has 94 valence electrons. The molecule has 0 aliphatic heterocycles. The SMILES string of the molecule is COc1cccc(Oc2ccccc2C)c1OC. The Bertz CT molecular complexity index is 535. The Kier molecular flexibility index (Phi) is 3.72. The molecule has 0 aromatic heterocycles. The molecule has 0 heterocycles. The van der Waals surface area contributed by atoms with Crippen LogP contribution < -0.4 is 14.2 Å². The Morgan fingerprint density at radius 2 is 1.39 bits per heavy atom. The van der Waals surface area contributed by atoms with E-state index in [4.69, 9.17) is 14.2 Å². The van der Waals surface area contributed by atoms with Crippen molar-refractivity contribution in [2.75, 3.05) is 14.2 Å². The van der Waals surface area contributed by atoms with E-state index in [0.717, 1.165) is 11.3 Å².